The van der Waals surface area contributed by atoms with Crippen molar-refractivity contribution >= 4 is 15.9 Å². The van der Waals surface area contributed by atoms with Gasteiger partial charge in [0, 0.05) is 0 Å². The zero-order chi connectivity index (χ0) is 15.0. The van der Waals surface area contributed by atoms with Gasteiger partial charge in [-0.2, -0.15) is 0 Å². The predicted molar refractivity (Wildman–Crippen MR) is 87.3 cm³/mol. The van der Waals surface area contributed by atoms with Gasteiger partial charge in [0.2, 0.25) is 0 Å². The summed E-state index contributed by atoms with van der Waals surface area (Å²) in [6, 6.07) is 7.23. The van der Waals surface area contributed by atoms with Gasteiger partial charge in [0.1, 0.15) is 5.82 Å². The molecule has 106 valence electrons. The molecule has 1 atom stereocenters. The number of hydrogen-bond donors (Lipinski definition) is 0. The number of aryl methyl sites for hydroxylation is 3. The van der Waals surface area contributed by atoms with Crippen LogP contribution in [0.3, 0.4) is 0 Å². The zero-order valence-electron chi connectivity index (χ0n) is 12.6. The summed E-state index contributed by atoms with van der Waals surface area (Å²) in [5.74, 6) is -0.181. The Morgan fingerprint density at radius 1 is 0.850 bits per heavy atom. The fourth-order valence-electron chi connectivity index (χ4n) is 2.71. The SMILES string of the molecule is Cc1cc(F)ccc1C(Br)c1c(C)c(C)cc(C)c1C. The van der Waals surface area contributed by atoms with Gasteiger partial charge in [-0.25, -0.2) is 4.39 Å². The Balaban J connectivity index is 2.62. The van der Waals surface area contributed by atoms with Crippen LogP contribution in [-0.4, -0.2) is 0 Å². The molecule has 0 radical (unpaired) electrons. The third kappa shape index (κ3) is 2.67. The molecule has 2 rings (SSSR count). The zero-order valence-corrected chi connectivity index (χ0v) is 14.2. The molecular formula is C18H20BrF. The Hall–Kier alpha value is -1.15. The molecule has 0 spiro atoms. The normalized spacial score (nSPS) is 12.6. The lowest BCUT2D eigenvalue weighted by Gasteiger charge is -2.21. The van der Waals surface area contributed by atoms with Crippen molar-refractivity contribution < 1.29 is 4.39 Å². The third-order valence-corrected chi connectivity index (χ3v) is 5.13. The molecule has 2 aromatic carbocycles. The van der Waals surface area contributed by atoms with Crippen molar-refractivity contribution in [1.29, 1.82) is 0 Å². The van der Waals surface area contributed by atoms with Gasteiger partial charge < -0.3 is 0 Å². The van der Waals surface area contributed by atoms with Crippen molar-refractivity contribution in [2.45, 2.75) is 39.4 Å². The van der Waals surface area contributed by atoms with E-state index < -0.39 is 0 Å². The first-order chi connectivity index (χ1) is 9.32. The quantitative estimate of drug-likeness (QED) is 0.604. The summed E-state index contributed by atoms with van der Waals surface area (Å²) in [7, 11) is 0. The van der Waals surface area contributed by atoms with Crippen LogP contribution in [0.15, 0.2) is 24.3 Å². The highest BCUT2D eigenvalue weighted by Crippen LogP contribution is 2.38. The number of hydrogen-bond acceptors (Lipinski definition) is 0. The van der Waals surface area contributed by atoms with Crippen molar-refractivity contribution in [3.63, 3.8) is 0 Å². The molecule has 0 fully saturated rings. The molecule has 20 heavy (non-hydrogen) atoms. The van der Waals surface area contributed by atoms with Crippen LogP contribution in [0.1, 0.15) is 43.8 Å². The minimum atomic E-state index is -0.181. The van der Waals surface area contributed by atoms with Gasteiger partial charge in [0.05, 0.1) is 4.83 Å². The van der Waals surface area contributed by atoms with Gasteiger partial charge in [0.15, 0.2) is 0 Å². The van der Waals surface area contributed by atoms with E-state index in [1.807, 2.05) is 13.0 Å². The Bertz CT molecular complexity index is 633. The molecule has 0 aliphatic rings. The number of alkyl halides is 1. The smallest absolute Gasteiger partial charge is 0.123 e. The highest BCUT2D eigenvalue weighted by Gasteiger charge is 2.19. The molecule has 0 saturated carbocycles. The molecule has 0 aliphatic heterocycles. The van der Waals surface area contributed by atoms with Crippen LogP contribution in [0, 0.1) is 40.4 Å². The Labute approximate surface area is 129 Å². The van der Waals surface area contributed by atoms with E-state index in [9.17, 15) is 4.39 Å². The van der Waals surface area contributed by atoms with E-state index in [4.69, 9.17) is 0 Å². The molecule has 2 aromatic rings. The molecule has 0 saturated heterocycles. The predicted octanol–water partition coefficient (Wildman–Crippen LogP) is 5.85. The van der Waals surface area contributed by atoms with Gasteiger partial charge in [-0.15, -0.1) is 0 Å². The van der Waals surface area contributed by atoms with Crippen molar-refractivity contribution in [3.8, 4) is 0 Å². The average Bonchev–Trinajstić information content (AvgIpc) is 2.36. The Kier molecular flexibility index (Phi) is 4.33. The van der Waals surface area contributed by atoms with E-state index in [1.165, 1.54) is 33.9 Å². The maximum atomic E-state index is 13.3. The van der Waals surface area contributed by atoms with E-state index in [-0.39, 0.29) is 10.6 Å². The lowest BCUT2D eigenvalue weighted by atomic mass is 9.89. The first-order valence-electron chi connectivity index (χ1n) is 6.80. The highest BCUT2D eigenvalue weighted by atomic mass is 79.9. The van der Waals surface area contributed by atoms with Gasteiger partial charge in [-0.1, -0.05) is 28.1 Å². The molecule has 2 heteroatoms. The molecule has 0 aliphatic carbocycles. The number of benzene rings is 2. The summed E-state index contributed by atoms with van der Waals surface area (Å²) in [5, 5.41) is 0. The summed E-state index contributed by atoms with van der Waals surface area (Å²) in [5.41, 5.74) is 8.61. The van der Waals surface area contributed by atoms with Crippen molar-refractivity contribution in [2.75, 3.05) is 0 Å². The summed E-state index contributed by atoms with van der Waals surface area (Å²) in [6.45, 7) is 10.6. The second kappa shape index (κ2) is 5.69. The lowest BCUT2D eigenvalue weighted by molar-refractivity contribution is 0.626. The van der Waals surface area contributed by atoms with Gasteiger partial charge >= 0.3 is 0 Å². The van der Waals surface area contributed by atoms with Crippen LogP contribution >= 0.6 is 15.9 Å². The first-order valence-corrected chi connectivity index (χ1v) is 7.72. The maximum absolute atomic E-state index is 13.3. The maximum Gasteiger partial charge on any atom is 0.123 e. The number of rotatable bonds is 2. The van der Waals surface area contributed by atoms with E-state index >= 15 is 0 Å². The summed E-state index contributed by atoms with van der Waals surface area (Å²) >= 11 is 3.82. The molecule has 0 heterocycles. The molecule has 1 unspecified atom stereocenters. The minimum absolute atomic E-state index is 0.0988. The van der Waals surface area contributed by atoms with E-state index in [0.29, 0.717) is 0 Å². The summed E-state index contributed by atoms with van der Waals surface area (Å²) in [4.78, 5) is 0.0988. The van der Waals surface area contributed by atoms with Gasteiger partial charge in [-0.05, 0) is 85.7 Å². The Morgan fingerprint density at radius 2 is 1.40 bits per heavy atom. The molecule has 0 bridgehead atoms. The van der Waals surface area contributed by atoms with Gasteiger partial charge in [-0.3, -0.25) is 0 Å². The molecule has 0 N–H and O–H groups in total. The van der Waals surface area contributed by atoms with E-state index in [1.54, 1.807) is 6.07 Å². The average molecular weight is 335 g/mol. The second-order valence-corrected chi connectivity index (χ2v) is 6.45. The second-order valence-electron chi connectivity index (χ2n) is 5.54. The fraction of sp³-hybridized carbons (Fsp3) is 0.333. The molecule has 0 nitrogen and oxygen atoms in total. The largest absolute Gasteiger partial charge is 0.207 e. The lowest BCUT2D eigenvalue weighted by Crippen LogP contribution is -2.04. The van der Waals surface area contributed by atoms with Crippen LogP contribution in [0.4, 0.5) is 4.39 Å². The third-order valence-electron chi connectivity index (χ3n) is 4.18. The van der Waals surface area contributed by atoms with Crippen LogP contribution in [0.5, 0.6) is 0 Å². The molecule has 0 aromatic heterocycles. The fourth-order valence-corrected chi connectivity index (χ4v) is 3.91. The topological polar surface area (TPSA) is 0 Å². The van der Waals surface area contributed by atoms with Crippen molar-refractivity contribution in [1.82, 2.24) is 0 Å². The minimum Gasteiger partial charge on any atom is -0.207 e. The summed E-state index contributed by atoms with van der Waals surface area (Å²) < 4.78 is 13.3. The molecule has 0 amide bonds. The van der Waals surface area contributed by atoms with Crippen LogP contribution in [-0.2, 0) is 0 Å². The van der Waals surface area contributed by atoms with Crippen LogP contribution < -0.4 is 0 Å². The van der Waals surface area contributed by atoms with Crippen molar-refractivity contribution in [2.24, 2.45) is 0 Å². The van der Waals surface area contributed by atoms with Gasteiger partial charge in [0.25, 0.3) is 0 Å². The van der Waals surface area contributed by atoms with E-state index in [2.05, 4.69) is 49.7 Å². The van der Waals surface area contributed by atoms with E-state index in [0.717, 1.165) is 11.1 Å². The summed E-state index contributed by atoms with van der Waals surface area (Å²) in [6.07, 6.45) is 0. The van der Waals surface area contributed by atoms with Crippen LogP contribution in [0.25, 0.3) is 0 Å². The highest BCUT2D eigenvalue weighted by molar-refractivity contribution is 9.09. The first kappa shape index (κ1) is 15.2. The monoisotopic (exact) mass is 334 g/mol. The number of halogens is 2. The van der Waals surface area contributed by atoms with Crippen molar-refractivity contribution in [3.05, 3.63) is 69.0 Å². The standard InChI is InChI=1S/C18H20BrF/c1-10-8-11(2)14(5)17(13(10)4)18(19)16-7-6-15(20)9-12(16)3/h6-9,18H,1-5H3. The Morgan fingerprint density at radius 3 is 1.90 bits per heavy atom. The van der Waals surface area contributed by atoms with Crippen LogP contribution in [0.2, 0.25) is 0 Å². The molecular weight excluding hydrogens is 315 g/mol.